The molecule has 0 aliphatic heterocycles. The van der Waals surface area contributed by atoms with E-state index in [4.69, 9.17) is 17.3 Å². The second-order valence-electron chi connectivity index (χ2n) is 4.54. The van der Waals surface area contributed by atoms with Crippen LogP contribution < -0.4 is 10.5 Å². The molecule has 112 valence electrons. The Kier molecular flexibility index (Phi) is 4.93. The van der Waals surface area contributed by atoms with E-state index in [-0.39, 0.29) is 11.4 Å². The summed E-state index contributed by atoms with van der Waals surface area (Å²) in [6.45, 7) is 2.02. The number of benzene rings is 2. The van der Waals surface area contributed by atoms with Crippen molar-refractivity contribution < 1.29 is 8.42 Å². The molecule has 21 heavy (non-hydrogen) atoms. The van der Waals surface area contributed by atoms with Crippen molar-refractivity contribution in [3.05, 3.63) is 57.0 Å². The van der Waals surface area contributed by atoms with Crippen LogP contribution >= 0.6 is 27.5 Å². The van der Waals surface area contributed by atoms with Crippen LogP contribution in [0.2, 0.25) is 5.02 Å². The van der Waals surface area contributed by atoms with Crippen molar-refractivity contribution in [3.8, 4) is 0 Å². The second-order valence-corrected chi connectivity index (χ2v) is 7.45. The van der Waals surface area contributed by atoms with Crippen LogP contribution in [0.25, 0.3) is 0 Å². The Morgan fingerprint density at radius 2 is 1.95 bits per heavy atom. The van der Waals surface area contributed by atoms with E-state index in [2.05, 4.69) is 20.7 Å². The maximum atomic E-state index is 12.5. The van der Waals surface area contributed by atoms with E-state index in [1.165, 1.54) is 0 Å². The van der Waals surface area contributed by atoms with E-state index in [1.807, 2.05) is 6.07 Å². The van der Waals surface area contributed by atoms with Crippen LogP contribution in [0.1, 0.15) is 11.1 Å². The molecule has 0 aliphatic rings. The van der Waals surface area contributed by atoms with E-state index in [9.17, 15) is 8.42 Å². The Morgan fingerprint density at radius 1 is 1.24 bits per heavy atom. The standard InChI is InChI=1S/C14H14BrClN2O2S/c1-9-2-3-10(8-17)6-14(9)21(19,20)18-11-4-5-12(15)13(16)7-11/h2-7,18H,8,17H2,1H3. The minimum absolute atomic E-state index is 0.212. The molecule has 0 heterocycles. The maximum Gasteiger partial charge on any atom is 0.262 e. The lowest BCUT2D eigenvalue weighted by Crippen LogP contribution is -2.15. The van der Waals surface area contributed by atoms with Gasteiger partial charge < -0.3 is 5.73 Å². The summed E-state index contributed by atoms with van der Waals surface area (Å²) in [6, 6.07) is 10.00. The molecule has 7 heteroatoms. The van der Waals surface area contributed by atoms with Gasteiger partial charge in [0.15, 0.2) is 0 Å². The number of nitrogens with two attached hydrogens (primary N) is 1. The van der Waals surface area contributed by atoms with Crippen molar-refractivity contribution in [2.24, 2.45) is 5.73 Å². The highest BCUT2D eigenvalue weighted by molar-refractivity contribution is 9.10. The molecule has 0 spiro atoms. The van der Waals surface area contributed by atoms with E-state index < -0.39 is 10.0 Å². The monoisotopic (exact) mass is 388 g/mol. The molecular formula is C14H14BrClN2O2S. The average molecular weight is 390 g/mol. The van der Waals surface area contributed by atoms with E-state index in [1.54, 1.807) is 37.3 Å². The van der Waals surface area contributed by atoms with Crippen molar-refractivity contribution in [2.45, 2.75) is 18.4 Å². The quantitative estimate of drug-likeness (QED) is 0.838. The predicted octanol–water partition coefficient (Wildman–Crippen LogP) is 3.67. The van der Waals surface area contributed by atoms with Crippen LogP contribution in [0.15, 0.2) is 45.8 Å². The molecule has 0 unspecified atom stereocenters. The Bertz CT molecular complexity index is 779. The third kappa shape index (κ3) is 3.77. The zero-order chi connectivity index (χ0) is 15.6. The largest absolute Gasteiger partial charge is 0.326 e. The highest BCUT2D eigenvalue weighted by Gasteiger charge is 2.17. The summed E-state index contributed by atoms with van der Waals surface area (Å²) in [5, 5.41) is 0.433. The van der Waals surface area contributed by atoms with Crippen molar-refractivity contribution in [3.63, 3.8) is 0 Å². The molecule has 0 saturated carbocycles. The third-order valence-corrected chi connectivity index (χ3v) is 5.71. The lowest BCUT2D eigenvalue weighted by Gasteiger charge is -2.12. The first-order chi connectivity index (χ1) is 9.83. The van der Waals surface area contributed by atoms with Crippen molar-refractivity contribution in [2.75, 3.05) is 4.72 Å². The average Bonchev–Trinajstić information content (AvgIpc) is 2.43. The van der Waals surface area contributed by atoms with Gasteiger partial charge in [0, 0.05) is 11.0 Å². The van der Waals surface area contributed by atoms with Gasteiger partial charge in [0.2, 0.25) is 0 Å². The molecular weight excluding hydrogens is 376 g/mol. The van der Waals surface area contributed by atoms with Crippen molar-refractivity contribution in [1.29, 1.82) is 0 Å². The fourth-order valence-electron chi connectivity index (χ4n) is 1.83. The molecule has 2 aromatic carbocycles. The molecule has 0 atom stereocenters. The van der Waals surface area contributed by atoms with Gasteiger partial charge in [-0.2, -0.15) is 0 Å². The highest BCUT2D eigenvalue weighted by Crippen LogP contribution is 2.27. The highest BCUT2D eigenvalue weighted by atomic mass is 79.9. The number of anilines is 1. The predicted molar refractivity (Wildman–Crippen MR) is 89.0 cm³/mol. The smallest absolute Gasteiger partial charge is 0.262 e. The minimum atomic E-state index is -3.69. The fraction of sp³-hybridized carbons (Fsp3) is 0.143. The van der Waals surface area contributed by atoms with Gasteiger partial charge in [0.1, 0.15) is 0 Å². The molecule has 3 N–H and O–H groups in total. The Labute approximate surface area is 137 Å². The summed E-state index contributed by atoms with van der Waals surface area (Å²) in [4.78, 5) is 0.212. The number of halogens is 2. The van der Waals surface area contributed by atoms with Crippen LogP contribution in [-0.4, -0.2) is 8.42 Å². The molecule has 0 bridgehead atoms. The van der Waals surface area contributed by atoms with Crippen LogP contribution in [0, 0.1) is 6.92 Å². The fourth-order valence-corrected chi connectivity index (χ4v) is 3.60. The number of hydrogen-bond acceptors (Lipinski definition) is 3. The summed E-state index contributed by atoms with van der Waals surface area (Å²) in [5.41, 5.74) is 7.38. The van der Waals surface area contributed by atoms with Crippen LogP contribution in [-0.2, 0) is 16.6 Å². The second kappa shape index (κ2) is 6.36. The van der Waals surface area contributed by atoms with Crippen molar-refractivity contribution >= 4 is 43.2 Å². The number of aryl methyl sites for hydroxylation is 1. The van der Waals surface area contributed by atoms with E-state index in [0.717, 1.165) is 5.56 Å². The molecule has 0 amide bonds. The van der Waals surface area contributed by atoms with E-state index >= 15 is 0 Å². The molecule has 0 aromatic heterocycles. The van der Waals surface area contributed by atoms with Crippen LogP contribution in [0.5, 0.6) is 0 Å². The molecule has 0 saturated heterocycles. The van der Waals surface area contributed by atoms with Crippen molar-refractivity contribution in [1.82, 2.24) is 0 Å². The Hall–Kier alpha value is -1.08. The maximum absolute atomic E-state index is 12.5. The summed E-state index contributed by atoms with van der Waals surface area (Å²) in [5.74, 6) is 0. The van der Waals surface area contributed by atoms with Gasteiger partial charge in [-0.1, -0.05) is 23.7 Å². The number of hydrogen-bond donors (Lipinski definition) is 2. The Balaban J connectivity index is 2.40. The number of sulfonamides is 1. The Morgan fingerprint density at radius 3 is 2.57 bits per heavy atom. The summed E-state index contributed by atoms with van der Waals surface area (Å²) >= 11 is 9.23. The normalized spacial score (nSPS) is 11.4. The zero-order valence-corrected chi connectivity index (χ0v) is 14.4. The van der Waals surface area contributed by atoms with Gasteiger partial charge in [-0.25, -0.2) is 8.42 Å². The first kappa shape index (κ1) is 16.3. The molecule has 4 nitrogen and oxygen atoms in total. The SMILES string of the molecule is Cc1ccc(CN)cc1S(=O)(=O)Nc1ccc(Br)c(Cl)c1. The number of rotatable bonds is 4. The molecule has 0 fully saturated rings. The first-order valence-corrected chi connectivity index (χ1v) is 8.76. The van der Waals surface area contributed by atoms with Gasteiger partial charge >= 0.3 is 0 Å². The molecule has 0 radical (unpaired) electrons. The molecule has 2 rings (SSSR count). The topological polar surface area (TPSA) is 72.2 Å². The molecule has 0 aliphatic carbocycles. The van der Waals surface area contributed by atoms with Crippen LogP contribution in [0.3, 0.4) is 0 Å². The lowest BCUT2D eigenvalue weighted by molar-refractivity contribution is 0.600. The van der Waals surface area contributed by atoms with Gasteiger partial charge in [0.05, 0.1) is 15.6 Å². The number of nitrogens with one attached hydrogen (secondary N) is 1. The first-order valence-electron chi connectivity index (χ1n) is 6.11. The van der Waals surface area contributed by atoms with Gasteiger partial charge in [-0.15, -0.1) is 0 Å². The molecule has 2 aromatic rings. The van der Waals surface area contributed by atoms with Crippen LogP contribution in [0.4, 0.5) is 5.69 Å². The lowest BCUT2D eigenvalue weighted by atomic mass is 10.1. The zero-order valence-electron chi connectivity index (χ0n) is 11.2. The summed E-state index contributed by atoms with van der Waals surface area (Å²) in [6.07, 6.45) is 0. The van der Waals surface area contributed by atoms with Gasteiger partial charge in [-0.05, 0) is 58.2 Å². The summed E-state index contributed by atoms with van der Waals surface area (Å²) < 4.78 is 28.2. The minimum Gasteiger partial charge on any atom is -0.326 e. The summed E-state index contributed by atoms with van der Waals surface area (Å²) in [7, 11) is -3.69. The van der Waals surface area contributed by atoms with Gasteiger partial charge in [0.25, 0.3) is 10.0 Å². The van der Waals surface area contributed by atoms with Gasteiger partial charge in [-0.3, -0.25) is 4.72 Å². The third-order valence-electron chi connectivity index (χ3n) is 2.95. The van der Waals surface area contributed by atoms with E-state index in [0.29, 0.717) is 20.7 Å².